The fourth-order valence-corrected chi connectivity index (χ4v) is 3.41. The van der Waals surface area contributed by atoms with Gasteiger partial charge in [0, 0.05) is 42.3 Å². The highest BCUT2D eigenvalue weighted by Gasteiger charge is 2.23. The summed E-state index contributed by atoms with van der Waals surface area (Å²) in [5.41, 5.74) is 1.11. The number of nitrogens with zero attached hydrogens (tertiary/aromatic N) is 2. The first-order valence-electron chi connectivity index (χ1n) is 9.35. The summed E-state index contributed by atoms with van der Waals surface area (Å²) in [5, 5.41) is 7.57. The topological polar surface area (TPSA) is 67.6 Å². The monoisotopic (exact) mass is 391 g/mol. The first-order chi connectivity index (χ1) is 13.0. The molecule has 6 nitrogen and oxygen atoms in total. The molecule has 1 atom stereocenters. The van der Waals surface area contributed by atoms with Gasteiger partial charge in [-0.15, -0.1) is 0 Å². The van der Waals surface area contributed by atoms with Gasteiger partial charge in [-0.3, -0.25) is 9.69 Å². The minimum Gasteiger partial charge on any atom is -0.379 e. The van der Waals surface area contributed by atoms with E-state index in [-0.39, 0.29) is 11.6 Å². The zero-order valence-electron chi connectivity index (χ0n) is 15.8. The lowest BCUT2D eigenvalue weighted by molar-refractivity contribution is 0.0124. The van der Waals surface area contributed by atoms with Crippen molar-refractivity contribution in [1.29, 1.82) is 0 Å². The molecule has 1 unspecified atom stereocenters. The number of morpholine rings is 1. The molecule has 1 fully saturated rings. The third-order valence-corrected chi connectivity index (χ3v) is 4.93. The van der Waals surface area contributed by atoms with Crippen molar-refractivity contribution < 1.29 is 14.1 Å². The van der Waals surface area contributed by atoms with Gasteiger partial charge in [0.1, 0.15) is 0 Å². The van der Waals surface area contributed by atoms with Crippen LogP contribution < -0.4 is 5.32 Å². The molecular weight excluding hydrogens is 366 g/mol. The van der Waals surface area contributed by atoms with Crippen molar-refractivity contribution in [2.24, 2.45) is 5.92 Å². The van der Waals surface area contributed by atoms with E-state index >= 15 is 0 Å². The maximum Gasteiger partial charge on any atom is 0.273 e. The van der Waals surface area contributed by atoms with Crippen LogP contribution >= 0.6 is 11.6 Å². The number of carbonyl (C=O) groups is 1. The summed E-state index contributed by atoms with van der Waals surface area (Å²) in [5.74, 6) is 0.878. The molecule has 3 rings (SSSR count). The Balaban J connectivity index is 1.61. The number of halogens is 1. The molecule has 1 saturated heterocycles. The van der Waals surface area contributed by atoms with Crippen molar-refractivity contribution in [3.05, 3.63) is 41.0 Å². The van der Waals surface area contributed by atoms with Crippen LogP contribution in [-0.4, -0.2) is 54.9 Å². The van der Waals surface area contributed by atoms with Crippen LogP contribution in [-0.2, 0) is 4.74 Å². The van der Waals surface area contributed by atoms with Crippen LogP contribution in [0, 0.1) is 5.92 Å². The Kier molecular flexibility index (Phi) is 6.88. The SMILES string of the molecule is CC(C)CC(CNC(=O)c1cc(-c2ccc(Cl)cc2)on1)N1CCOCC1. The van der Waals surface area contributed by atoms with Gasteiger partial charge in [0.2, 0.25) is 0 Å². The van der Waals surface area contributed by atoms with Crippen LogP contribution in [0.5, 0.6) is 0 Å². The molecule has 7 heteroatoms. The summed E-state index contributed by atoms with van der Waals surface area (Å²) in [4.78, 5) is 14.9. The van der Waals surface area contributed by atoms with Crippen molar-refractivity contribution in [3.63, 3.8) is 0 Å². The highest BCUT2D eigenvalue weighted by molar-refractivity contribution is 6.30. The summed E-state index contributed by atoms with van der Waals surface area (Å²) in [6.45, 7) is 8.28. The lowest BCUT2D eigenvalue weighted by Gasteiger charge is -2.35. The molecule has 27 heavy (non-hydrogen) atoms. The fraction of sp³-hybridized carbons (Fsp3) is 0.500. The fourth-order valence-electron chi connectivity index (χ4n) is 3.28. The van der Waals surface area contributed by atoms with Crippen LogP contribution in [0.4, 0.5) is 0 Å². The van der Waals surface area contributed by atoms with E-state index in [4.69, 9.17) is 20.9 Å². The van der Waals surface area contributed by atoms with Crippen molar-refractivity contribution in [3.8, 4) is 11.3 Å². The first-order valence-corrected chi connectivity index (χ1v) is 9.73. The second kappa shape index (κ2) is 9.35. The second-order valence-corrected chi connectivity index (χ2v) is 7.66. The van der Waals surface area contributed by atoms with Crippen LogP contribution in [0.3, 0.4) is 0 Å². The predicted molar refractivity (Wildman–Crippen MR) is 105 cm³/mol. The van der Waals surface area contributed by atoms with Gasteiger partial charge >= 0.3 is 0 Å². The standard InChI is InChI=1S/C20H26ClN3O3/c1-14(2)11-17(24-7-9-26-10-8-24)13-22-20(25)18-12-19(27-23-18)15-3-5-16(21)6-4-15/h3-6,12,14,17H,7-11,13H2,1-2H3,(H,22,25). The van der Waals surface area contributed by atoms with Crippen molar-refractivity contribution in [1.82, 2.24) is 15.4 Å². The number of aromatic nitrogens is 1. The van der Waals surface area contributed by atoms with Gasteiger partial charge in [0.15, 0.2) is 11.5 Å². The van der Waals surface area contributed by atoms with Gasteiger partial charge in [-0.2, -0.15) is 0 Å². The van der Waals surface area contributed by atoms with Crippen LogP contribution in [0.25, 0.3) is 11.3 Å². The molecule has 1 aliphatic rings. The van der Waals surface area contributed by atoms with Gasteiger partial charge in [-0.1, -0.05) is 30.6 Å². The lowest BCUT2D eigenvalue weighted by Crippen LogP contribution is -2.49. The highest BCUT2D eigenvalue weighted by atomic mass is 35.5. The molecule has 1 amide bonds. The molecule has 1 aliphatic heterocycles. The van der Waals surface area contributed by atoms with Crippen LogP contribution in [0.2, 0.25) is 5.02 Å². The number of hydrogen-bond donors (Lipinski definition) is 1. The molecule has 1 aromatic heterocycles. The molecule has 0 spiro atoms. The molecule has 0 radical (unpaired) electrons. The number of rotatable bonds is 7. The highest BCUT2D eigenvalue weighted by Crippen LogP contribution is 2.22. The molecule has 0 saturated carbocycles. The molecule has 0 aliphatic carbocycles. The van der Waals surface area contributed by atoms with E-state index in [0.717, 1.165) is 38.3 Å². The van der Waals surface area contributed by atoms with E-state index < -0.39 is 0 Å². The van der Waals surface area contributed by atoms with E-state index in [1.165, 1.54) is 0 Å². The minimum absolute atomic E-state index is 0.221. The Bertz CT molecular complexity index is 739. The number of hydrogen-bond acceptors (Lipinski definition) is 5. The van der Waals surface area contributed by atoms with Gasteiger partial charge in [-0.05, 0) is 36.6 Å². The zero-order chi connectivity index (χ0) is 19.2. The first kappa shape index (κ1) is 19.9. The molecular formula is C20H26ClN3O3. The average Bonchev–Trinajstić information content (AvgIpc) is 3.16. The summed E-state index contributed by atoms with van der Waals surface area (Å²) >= 11 is 5.90. The smallest absolute Gasteiger partial charge is 0.273 e. The number of nitrogens with one attached hydrogen (secondary N) is 1. The third-order valence-electron chi connectivity index (χ3n) is 4.68. The van der Waals surface area contributed by atoms with Crippen LogP contribution in [0.15, 0.2) is 34.9 Å². The Hall–Kier alpha value is -1.89. The van der Waals surface area contributed by atoms with E-state index in [2.05, 4.69) is 29.2 Å². The molecule has 2 heterocycles. The van der Waals surface area contributed by atoms with Gasteiger partial charge < -0.3 is 14.6 Å². The van der Waals surface area contributed by atoms with E-state index in [1.807, 2.05) is 12.1 Å². The Morgan fingerprint density at radius 3 is 2.63 bits per heavy atom. The number of benzene rings is 1. The number of amides is 1. The molecule has 1 aromatic carbocycles. The Labute approximate surface area is 164 Å². The molecule has 2 aromatic rings. The van der Waals surface area contributed by atoms with Gasteiger partial charge in [0.05, 0.1) is 13.2 Å². The number of ether oxygens (including phenoxy) is 1. The van der Waals surface area contributed by atoms with Gasteiger partial charge in [-0.25, -0.2) is 0 Å². The Morgan fingerprint density at radius 1 is 1.26 bits per heavy atom. The van der Waals surface area contributed by atoms with E-state index in [1.54, 1.807) is 18.2 Å². The van der Waals surface area contributed by atoms with Crippen molar-refractivity contribution >= 4 is 17.5 Å². The summed E-state index contributed by atoms with van der Waals surface area (Å²) in [6, 6.07) is 9.17. The molecule has 0 bridgehead atoms. The molecule has 1 N–H and O–H groups in total. The lowest BCUT2D eigenvalue weighted by atomic mass is 10.0. The van der Waals surface area contributed by atoms with E-state index in [9.17, 15) is 4.79 Å². The zero-order valence-corrected chi connectivity index (χ0v) is 16.5. The van der Waals surface area contributed by atoms with Crippen molar-refractivity contribution in [2.75, 3.05) is 32.8 Å². The molecule has 146 valence electrons. The van der Waals surface area contributed by atoms with Crippen molar-refractivity contribution in [2.45, 2.75) is 26.3 Å². The van der Waals surface area contributed by atoms with Crippen LogP contribution in [0.1, 0.15) is 30.8 Å². The maximum atomic E-state index is 12.5. The summed E-state index contributed by atoms with van der Waals surface area (Å²) in [7, 11) is 0. The normalized spacial score (nSPS) is 16.4. The van der Waals surface area contributed by atoms with E-state index in [0.29, 0.717) is 29.3 Å². The average molecular weight is 392 g/mol. The Morgan fingerprint density at radius 2 is 1.96 bits per heavy atom. The second-order valence-electron chi connectivity index (χ2n) is 7.23. The minimum atomic E-state index is -0.221. The predicted octanol–water partition coefficient (Wildman–Crippen LogP) is 3.47. The summed E-state index contributed by atoms with van der Waals surface area (Å²) in [6.07, 6.45) is 1.02. The third kappa shape index (κ3) is 5.54. The number of carbonyl (C=O) groups excluding carboxylic acids is 1. The quantitative estimate of drug-likeness (QED) is 0.782. The van der Waals surface area contributed by atoms with Gasteiger partial charge in [0.25, 0.3) is 5.91 Å². The maximum absolute atomic E-state index is 12.5. The summed E-state index contributed by atoms with van der Waals surface area (Å²) < 4.78 is 10.8. The largest absolute Gasteiger partial charge is 0.379 e.